The van der Waals surface area contributed by atoms with Crippen molar-refractivity contribution in [2.24, 2.45) is 33.5 Å². The van der Waals surface area contributed by atoms with Gasteiger partial charge in [-0.3, -0.25) is 4.79 Å². The zero-order valence-electron chi connectivity index (χ0n) is 23.5. The lowest BCUT2D eigenvalue weighted by molar-refractivity contribution is -0.148. The average molecular weight is 493 g/mol. The molecule has 0 aliphatic heterocycles. The van der Waals surface area contributed by atoms with E-state index >= 15 is 0 Å². The van der Waals surface area contributed by atoms with Crippen LogP contribution in [0.3, 0.4) is 0 Å². The Morgan fingerprint density at radius 2 is 1.75 bits per heavy atom. The number of hydrogen-bond donors (Lipinski definition) is 0. The fourth-order valence-corrected chi connectivity index (χ4v) is 8.93. The molecule has 0 amide bonds. The first-order valence-electron chi connectivity index (χ1n) is 14.0. The molecule has 5 aliphatic carbocycles. The van der Waals surface area contributed by atoms with Crippen molar-refractivity contribution in [2.45, 2.75) is 106 Å². The summed E-state index contributed by atoms with van der Waals surface area (Å²) in [7, 11) is 0. The molecule has 0 aromatic rings. The monoisotopic (exact) mass is 492 g/mol. The van der Waals surface area contributed by atoms with Gasteiger partial charge in [0.15, 0.2) is 5.76 Å². The van der Waals surface area contributed by atoms with Crippen molar-refractivity contribution < 1.29 is 19.1 Å². The van der Waals surface area contributed by atoms with Crippen LogP contribution in [0.1, 0.15) is 100 Å². The van der Waals surface area contributed by atoms with Crippen molar-refractivity contribution in [1.29, 1.82) is 0 Å². The van der Waals surface area contributed by atoms with Gasteiger partial charge in [-0.05, 0) is 105 Å². The third kappa shape index (κ3) is 3.45. The van der Waals surface area contributed by atoms with E-state index in [2.05, 4.69) is 46.8 Å². The van der Waals surface area contributed by atoms with E-state index in [1.54, 1.807) is 19.9 Å². The number of hydrogen-bond acceptors (Lipinski definition) is 4. The third-order valence-corrected chi connectivity index (χ3v) is 11.3. The minimum absolute atomic E-state index is 0.0904. The standard InChI is InChI=1S/C32H44O4/c1-19(2)35-28(34)36-27-21(4)22-9-10-25-30(6,23(22)18-24(27)33)14-16-32(8)26-17-20(3)11-12-29(26,5)13-15-31(25,32)7/h9-10,18-20,26H,11-17H2,1-8H3/t20-,26+,29+,30-,31+,32-/m0/s1. The number of carbonyl (C=O) groups is 2. The molecule has 3 saturated carbocycles. The zero-order chi connectivity index (χ0) is 26.3. The Morgan fingerprint density at radius 3 is 2.44 bits per heavy atom. The molecule has 5 aliphatic rings. The van der Waals surface area contributed by atoms with Crippen molar-refractivity contribution in [3.05, 3.63) is 46.3 Å². The predicted molar refractivity (Wildman–Crippen MR) is 142 cm³/mol. The van der Waals surface area contributed by atoms with Gasteiger partial charge in [-0.2, -0.15) is 0 Å². The molecule has 36 heavy (non-hydrogen) atoms. The second-order valence-electron chi connectivity index (χ2n) is 13.7. The molecule has 0 aromatic carbocycles. The smallest absolute Gasteiger partial charge is 0.431 e. The van der Waals surface area contributed by atoms with Gasteiger partial charge < -0.3 is 9.47 Å². The summed E-state index contributed by atoms with van der Waals surface area (Å²) >= 11 is 0. The lowest BCUT2D eigenvalue weighted by Crippen LogP contribution is -2.60. The highest BCUT2D eigenvalue weighted by atomic mass is 16.7. The van der Waals surface area contributed by atoms with Crippen molar-refractivity contribution in [3.63, 3.8) is 0 Å². The molecule has 4 heteroatoms. The topological polar surface area (TPSA) is 52.6 Å². The van der Waals surface area contributed by atoms with Crippen LogP contribution < -0.4 is 0 Å². The van der Waals surface area contributed by atoms with Gasteiger partial charge in [-0.25, -0.2) is 4.79 Å². The maximum absolute atomic E-state index is 13.3. The van der Waals surface area contributed by atoms with E-state index in [0.717, 1.165) is 35.0 Å². The molecular weight excluding hydrogens is 448 g/mol. The van der Waals surface area contributed by atoms with Gasteiger partial charge in [0.2, 0.25) is 5.78 Å². The molecule has 0 radical (unpaired) electrons. The molecule has 4 nitrogen and oxygen atoms in total. The normalized spacial score (nSPS) is 41.8. The van der Waals surface area contributed by atoms with Gasteiger partial charge in [-0.1, -0.05) is 58.8 Å². The van der Waals surface area contributed by atoms with E-state index in [0.29, 0.717) is 5.41 Å². The second kappa shape index (κ2) is 8.20. The second-order valence-corrected chi connectivity index (χ2v) is 13.7. The van der Waals surface area contributed by atoms with Crippen LogP contribution >= 0.6 is 0 Å². The van der Waals surface area contributed by atoms with Crippen LogP contribution in [0.15, 0.2) is 46.3 Å². The van der Waals surface area contributed by atoms with E-state index < -0.39 is 6.16 Å². The third-order valence-electron chi connectivity index (χ3n) is 11.3. The summed E-state index contributed by atoms with van der Waals surface area (Å²) in [4.78, 5) is 25.5. The molecule has 5 rings (SSSR count). The molecule has 0 saturated heterocycles. The SMILES string of the molecule is CC1=C(OC(=O)OC(C)C)C(=O)C=C2C1=CC=C1[C@@]2(C)CC[C@@]2(C)[C@@H]3C[C@@H](C)CC[C@]3(C)CC[C@]12C. The number of carbonyl (C=O) groups excluding carboxylic acids is 2. The van der Waals surface area contributed by atoms with Crippen LogP contribution in [-0.4, -0.2) is 18.0 Å². The number of rotatable bonds is 2. The van der Waals surface area contributed by atoms with E-state index in [4.69, 9.17) is 9.47 Å². The Labute approximate surface area is 217 Å². The van der Waals surface area contributed by atoms with Gasteiger partial charge in [0.1, 0.15) is 0 Å². The first kappa shape index (κ1) is 25.5. The zero-order valence-corrected chi connectivity index (χ0v) is 23.5. The van der Waals surface area contributed by atoms with Crippen molar-refractivity contribution >= 4 is 11.9 Å². The highest BCUT2D eigenvalue weighted by molar-refractivity contribution is 6.08. The maximum Gasteiger partial charge on any atom is 0.514 e. The van der Waals surface area contributed by atoms with Gasteiger partial charge in [-0.15, -0.1) is 0 Å². The first-order chi connectivity index (χ1) is 16.7. The van der Waals surface area contributed by atoms with Gasteiger partial charge >= 0.3 is 6.16 Å². The average Bonchev–Trinajstić information content (AvgIpc) is 2.79. The molecule has 0 aromatic heterocycles. The minimum Gasteiger partial charge on any atom is -0.431 e. The van der Waals surface area contributed by atoms with E-state index in [1.807, 2.05) is 6.92 Å². The molecule has 6 atom stereocenters. The highest BCUT2D eigenvalue weighted by Gasteiger charge is 2.65. The summed E-state index contributed by atoms with van der Waals surface area (Å²) in [5.41, 5.74) is 4.96. The molecule has 196 valence electrons. The van der Waals surface area contributed by atoms with Crippen LogP contribution in [0, 0.1) is 33.5 Å². The summed E-state index contributed by atoms with van der Waals surface area (Å²) in [5, 5.41) is 0. The molecule has 0 unspecified atom stereocenters. The Bertz CT molecular complexity index is 1130. The first-order valence-corrected chi connectivity index (χ1v) is 14.0. The lowest BCUT2D eigenvalue weighted by Gasteiger charge is -2.69. The fourth-order valence-electron chi connectivity index (χ4n) is 8.93. The largest absolute Gasteiger partial charge is 0.514 e. The van der Waals surface area contributed by atoms with Crippen molar-refractivity contribution in [3.8, 4) is 0 Å². The molecule has 0 heterocycles. The Kier molecular flexibility index (Phi) is 5.82. The molecule has 3 fully saturated rings. The Balaban J connectivity index is 1.56. The number of allylic oxidation sites excluding steroid dienone is 7. The number of ether oxygens (including phenoxy) is 2. The van der Waals surface area contributed by atoms with E-state index in [1.165, 1.54) is 44.1 Å². The van der Waals surface area contributed by atoms with Gasteiger partial charge in [0.25, 0.3) is 0 Å². The van der Waals surface area contributed by atoms with E-state index in [-0.39, 0.29) is 33.9 Å². The number of fused-ring (bicyclic) bond motifs is 7. The fraction of sp³-hybridized carbons (Fsp3) is 0.688. The Hall–Kier alpha value is -2.10. The summed E-state index contributed by atoms with van der Waals surface area (Å²) in [5.74, 6) is 1.39. The van der Waals surface area contributed by atoms with Gasteiger partial charge in [0.05, 0.1) is 6.10 Å². The predicted octanol–water partition coefficient (Wildman–Crippen LogP) is 8.25. The summed E-state index contributed by atoms with van der Waals surface area (Å²) in [6.45, 7) is 17.9. The summed E-state index contributed by atoms with van der Waals surface area (Å²) < 4.78 is 10.5. The minimum atomic E-state index is -0.823. The van der Waals surface area contributed by atoms with Crippen LogP contribution in [0.5, 0.6) is 0 Å². The van der Waals surface area contributed by atoms with Crippen molar-refractivity contribution in [2.75, 3.05) is 0 Å². The van der Waals surface area contributed by atoms with Gasteiger partial charge in [0, 0.05) is 11.0 Å². The highest BCUT2D eigenvalue weighted by Crippen LogP contribution is 2.74. The van der Waals surface area contributed by atoms with Crippen LogP contribution in [-0.2, 0) is 14.3 Å². The molecule has 0 spiro atoms. The van der Waals surface area contributed by atoms with Crippen molar-refractivity contribution in [1.82, 2.24) is 0 Å². The Morgan fingerprint density at radius 1 is 1.03 bits per heavy atom. The summed E-state index contributed by atoms with van der Waals surface area (Å²) in [6, 6.07) is 0. The van der Waals surface area contributed by atoms with Crippen LogP contribution in [0.4, 0.5) is 4.79 Å². The van der Waals surface area contributed by atoms with Crippen LogP contribution in [0.25, 0.3) is 0 Å². The number of ketones is 1. The molecular formula is C32H44O4. The molecule has 0 bridgehead atoms. The van der Waals surface area contributed by atoms with E-state index in [9.17, 15) is 9.59 Å². The van der Waals surface area contributed by atoms with Crippen LogP contribution in [0.2, 0.25) is 0 Å². The molecule has 0 N–H and O–H groups in total. The lowest BCUT2D eigenvalue weighted by atomic mass is 9.35. The maximum atomic E-state index is 13.3. The summed E-state index contributed by atoms with van der Waals surface area (Å²) in [6.07, 6.45) is 13.9. The quantitative estimate of drug-likeness (QED) is 0.364.